The van der Waals surface area contributed by atoms with Crippen LogP contribution in [-0.2, 0) is 9.59 Å². The van der Waals surface area contributed by atoms with Gasteiger partial charge in [0.15, 0.2) is 5.78 Å². The van der Waals surface area contributed by atoms with Crippen LogP contribution < -0.4 is 0 Å². The van der Waals surface area contributed by atoms with Gasteiger partial charge in [-0.15, -0.1) is 0 Å². The molecule has 1 aliphatic heterocycles. The van der Waals surface area contributed by atoms with Gasteiger partial charge >= 0.3 is 0 Å². The van der Waals surface area contributed by atoms with Crippen molar-refractivity contribution in [2.24, 2.45) is 0 Å². The normalized spacial score (nSPS) is 17.4. The third kappa shape index (κ3) is 4.62. The van der Waals surface area contributed by atoms with Gasteiger partial charge in [0.05, 0.1) is 0 Å². The number of nitrogens with zero attached hydrogens (tertiary/aromatic N) is 1. The van der Waals surface area contributed by atoms with Crippen LogP contribution in [0.5, 0.6) is 0 Å². The van der Waals surface area contributed by atoms with Crippen LogP contribution >= 0.6 is 15.9 Å². The molecule has 2 aromatic rings. The fraction of sp³-hybridized carbons (Fsp3) is 0.182. The van der Waals surface area contributed by atoms with Gasteiger partial charge in [0, 0.05) is 47.1 Å². The molecule has 1 fully saturated rings. The summed E-state index contributed by atoms with van der Waals surface area (Å²) in [5.74, 6) is -1.35. The summed E-state index contributed by atoms with van der Waals surface area (Å²) in [7, 11) is 0. The molecule has 0 aromatic heterocycles. The highest BCUT2D eigenvalue weighted by Crippen LogP contribution is 2.24. The number of hydrogen-bond donors (Lipinski definition) is 0. The number of alkyl halides is 1. The molecule has 0 N–H and O–H groups in total. The van der Waals surface area contributed by atoms with E-state index in [0.29, 0.717) is 16.5 Å². The third-order valence-electron chi connectivity index (χ3n) is 4.44. The molecule has 0 radical (unpaired) electrons. The molecule has 2 aromatic carbocycles. The molecule has 1 amide bonds. The Morgan fingerprint density at radius 2 is 1.39 bits per heavy atom. The second kappa shape index (κ2) is 9.06. The van der Waals surface area contributed by atoms with Gasteiger partial charge in [-0.3, -0.25) is 9.59 Å². The van der Waals surface area contributed by atoms with Crippen LogP contribution in [0.4, 0.5) is 8.78 Å². The summed E-state index contributed by atoms with van der Waals surface area (Å²) in [6, 6.07) is 12.2. The van der Waals surface area contributed by atoms with Crippen LogP contribution in [0.2, 0.25) is 0 Å². The lowest BCUT2D eigenvalue weighted by atomic mass is 9.94. The van der Waals surface area contributed by atoms with Gasteiger partial charge in [0.1, 0.15) is 11.6 Å². The van der Waals surface area contributed by atoms with Crippen molar-refractivity contribution in [2.75, 3.05) is 18.4 Å². The van der Waals surface area contributed by atoms with Gasteiger partial charge in [-0.25, -0.2) is 8.78 Å². The number of amides is 1. The maximum absolute atomic E-state index is 14.0. The Morgan fingerprint density at radius 3 is 1.82 bits per heavy atom. The molecule has 28 heavy (non-hydrogen) atoms. The van der Waals surface area contributed by atoms with Crippen molar-refractivity contribution in [3.05, 3.63) is 82.4 Å². The number of Topliss-reactive ketones (excluding diaryl/α,β-unsaturated/α-hetero) is 1. The predicted octanol–water partition coefficient (Wildman–Crippen LogP) is 4.63. The number of halogens is 3. The molecule has 6 heteroatoms. The summed E-state index contributed by atoms with van der Waals surface area (Å²) in [5.41, 5.74) is 1.13. The number of carbonyl (C=O) groups excluding carboxylic acids is 2. The molecule has 1 heterocycles. The Balaban J connectivity index is 2.02. The summed E-state index contributed by atoms with van der Waals surface area (Å²) in [6.45, 7) is 0.182. The first kappa shape index (κ1) is 20.1. The number of ketones is 1. The molecular weight excluding hydrogens is 428 g/mol. The van der Waals surface area contributed by atoms with Gasteiger partial charge in [-0.2, -0.15) is 0 Å². The van der Waals surface area contributed by atoms with Crippen molar-refractivity contribution in [1.29, 1.82) is 0 Å². The lowest BCUT2D eigenvalue weighted by molar-refractivity contribution is -0.130. The lowest BCUT2D eigenvalue weighted by Crippen LogP contribution is -2.41. The van der Waals surface area contributed by atoms with Crippen molar-refractivity contribution >= 4 is 39.8 Å². The fourth-order valence-corrected chi connectivity index (χ4v) is 3.35. The van der Waals surface area contributed by atoms with E-state index >= 15 is 0 Å². The van der Waals surface area contributed by atoms with Crippen molar-refractivity contribution < 1.29 is 18.4 Å². The number of carbonyl (C=O) groups is 2. The minimum Gasteiger partial charge on any atom is -0.334 e. The molecule has 3 rings (SSSR count). The number of rotatable bonds is 4. The minimum absolute atomic E-state index is 0.0909. The monoisotopic (exact) mass is 445 g/mol. The van der Waals surface area contributed by atoms with E-state index in [1.54, 1.807) is 36.4 Å². The molecule has 0 saturated carbocycles. The standard InChI is InChI=1S/C22H18BrF2NO2/c23-10-9-21(27)26-13-17(11-15-5-1-3-7-19(15)24)22(28)18(14-26)12-16-6-2-4-8-20(16)25/h1-8,11-12H,9-10,13-14H2/b17-11+,18-12+. The summed E-state index contributed by atoms with van der Waals surface area (Å²) >= 11 is 3.24. The summed E-state index contributed by atoms with van der Waals surface area (Å²) in [4.78, 5) is 26.9. The second-order valence-corrected chi connectivity index (χ2v) is 7.19. The molecule has 0 bridgehead atoms. The Labute approximate surface area is 170 Å². The van der Waals surface area contributed by atoms with Gasteiger partial charge < -0.3 is 4.90 Å². The van der Waals surface area contributed by atoms with Crippen molar-refractivity contribution in [3.8, 4) is 0 Å². The van der Waals surface area contributed by atoms with Crippen LogP contribution in [0.3, 0.4) is 0 Å². The zero-order chi connectivity index (χ0) is 20.1. The molecular formula is C22H18BrF2NO2. The first-order valence-corrected chi connectivity index (χ1v) is 9.90. The molecule has 1 saturated heterocycles. The van der Waals surface area contributed by atoms with Crippen LogP contribution in [0.1, 0.15) is 17.5 Å². The quantitative estimate of drug-likeness (QED) is 0.508. The predicted molar refractivity (Wildman–Crippen MR) is 109 cm³/mol. The first-order chi connectivity index (χ1) is 13.5. The van der Waals surface area contributed by atoms with Crippen LogP contribution in [0, 0.1) is 11.6 Å². The topological polar surface area (TPSA) is 37.4 Å². The SMILES string of the molecule is O=C1/C(=C/c2ccccc2F)CN(C(=O)CCBr)C/C1=C\c1ccccc1F. The molecule has 0 unspecified atom stereocenters. The van der Waals surface area contributed by atoms with Crippen molar-refractivity contribution in [3.63, 3.8) is 0 Å². The number of piperidine rings is 1. The van der Waals surface area contributed by atoms with Crippen molar-refractivity contribution in [2.45, 2.75) is 6.42 Å². The van der Waals surface area contributed by atoms with E-state index in [9.17, 15) is 18.4 Å². The zero-order valence-corrected chi connectivity index (χ0v) is 16.6. The average molecular weight is 446 g/mol. The second-order valence-electron chi connectivity index (χ2n) is 6.40. The van der Waals surface area contributed by atoms with E-state index in [1.165, 1.54) is 29.2 Å². The number of benzene rings is 2. The number of hydrogen-bond acceptors (Lipinski definition) is 2. The minimum atomic E-state index is -0.452. The van der Waals surface area contributed by atoms with Crippen molar-refractivity contribution in [1.82, 2.24) is 4.90 Å². The van der Waals surface area contributed by atoms with Crippen LogP contribution in [0.25, 0.3) is 12.2 Å². The smallest absolute Gasteiger partial charge is 0.224 e. The molecule has 0 atom stereocenters. The Kier molecular flexibility index (Phi) is 6.52. The molecule has 1 aliphatic rings. The maximum Gasteiger partial charge on any atom is 0.224 e. The highest BCUT2D eigenvalue weighted by molar-refractivity contribution is 9.09. The van der Waals surface area contributed by atoms with Crippen LogP contribution in [-0.4, -0.2) is 35.0 Å². The highest BCUT2D eigenvalue weighted by atomic mass is 79.9. The zero-order valence-electron chi connectivity index (χ0n) is 15.0. The van der Waals surface area contributed by atoms with Gasteiger partial charge in [0.25, 0.3) is 0 Å². The average Bonchev–Trinajstić information content (AvgIpc) is 2.68. The summed E-state index contributed by atoms with van der Waals surface area (Å²) in [6.07, 6.45) is 3.19. The first-order valence-electron chi connectivity index (χ1n) is 8.78. The fourth-order valence-electron chi connectivity index (χ4n) is 3.01. The largest absolute Gasteiger partial charge is 0.334 e. The molecule has 0 spiro atoms. The van der Waals surface area contributed by atoms with Gasteiger partial charge in [0.2, 0.25) is 5.91 Å². The third-order valence-corrected chi connectivity index (χ3v) is 4.83. The van der Waals surface area contributed by atoms with Gasteiger partial charge in [-0.05, 0) is 24.3 Å². The Morgan fingerprint density at radius 1 is 0.929 bits per heavy atom. The summed E-state index contributed by atoms with van der Waals surface area (Å²) < 4.78 is 28.1. The number of likely N-dealkylation sites (tertiary alicyclic amines) is 1. The molecule has 3 nitrogen and oxygen atoms in total. The molecule has 144 valence electrons. The van der Waals surface area contributed by atoms with E-state index in [0.717, 1.165) is 0 Å². The molecule has 0 aliphatic carbocycles. The Bertz CT molecular complexity index is 901. The van der Waals surface area contributed by atoms with Gasteiger partial charge in [-0.1, -0.05) is 52.3 Å². The lowest BCUT2D eigenvalue weighted by Gasteiger charge is -2.30. The maximum atomic E-state index is 14.0. The van der Waals surface area contributed by atoms with E-state index in [4.69, 9.17) is 0 Å². The van der Waals surface area contributed by atoms with E-state index in [1.807, 2.05) is 0 Å². The Hall–Kier alpha value is -2.60. The van der Waals surface area contributed by atoms with E-state index < -0.39 is 11.6 Å². The van der Waals surface area contributed by atoms with E-state index in [2.05, 4.69) is 15.9 Å². The summed E-state index contributed by atoms with van der Waals surface area (Å²) in [5, 5.41) is 0.495. The van der Waals surface area contributed by atoms with Crippen LogP contribution in [0.15, 0.2) is 59.7 Å². The van der Waals surface area contributed by atoms with E-state index in [-0.39, 0.29) is 42.3 Å². The highest BCUT2D eigenvalue weighted by Gasteiger charge is 2.29.